The molecule has 1 N–H and O–H groups in total. The summed E-state index contributed by atoms with van der Waals surface area (Å²) in [6.45, 7) is 0.727. The van der Waals surface area contributed by atoms with Crippen LogP contribution in [0, 0.1) is 0 Å². The van der Waals surface area contributed by atoms with Crippen molar-refractivity contribution in [3.63, 3.8) is 0 Å². The van der Waals surface area contributed by atoms with Gasteiger partial charge in [-0.25, -0.2) is 0 Å². The third-order valence-electron chi connectivity index (χ3n) is 4.84. The molecule has 1 aliphatic rings. The molecule has 3 rings (SSSR count). The Morgan fingerprint density at radius 3 is 2.46 bits per heavy atom. The SMILES string of the molecule is O=C(CSc1ccccc1)NCC1(c2ccncc2)CCCCC1. The molecule has 1 fully saturated rings. The summed E-state index contributed by atoms with van der Waals surface area (Å²) in [5, 5.41) is 3.18. The van der Waals surface area contributed by atoms with Crippen LogP contribution in [0.3, 0.4) is 0 Å². The first-order chi connectivity index (χ1) is 11.8. The molecule has 4 heteroatoms. The van der Waals surface area contributed by atoms with Gasteiger partial charge in [0.15, 0.2) is 0 Å². The summed E-state index contributed by atoms with van der Waals surface area (Å²) in [6, 6.07) is 14.3. The molecule has 24 heavy (non-hydrogen) atoms. The summed E-state index contributed by atoms with van der Waals surface area (Å²) >= 11 is 1.59. The van der Waals surface area contributed by atoms with E-state index in [9.17, 15) is 4.79 Å². The van der Waals surface area contributed by atoms with Crippen LogP contribution in [0.4, 0.5) is 0 Å². The Morgan fingerprint density at radius 2 is 1.75 bits per heavy atom. The quantitative estimate of drug-likeness (QED) is 0.802. The lowest BCUT2D eigenvalue weighted by atomic mass is 9.69. The zero-order chi connectivity index (χ0) is 16.7. The Kier molecular flexibility index (Phi) is 5.91. The maximum atomic E-state index is 12.3. The van der Waals surface area contributed by atoms with Gasteiger partial charge in [-0.05, 0) is 42.7 Å². The van der Waals surface area contributed by atoms with Crippen LogP contribution in [-0.2, 0) is 10.2 Å². The second kappa shape index (κ2) is 8.34. The predicted molar refractivity (Wildman–Crippen MR) is 99.2 cm³/mol. The maximum absolute atomic E-state index is 12.3. The standard InChI is InChI=1S/C20H24N2OS/c23-19(15-24-18-7-3-1-4-8-18)22-16-20(11-5-2-6-12-20)17-9-13-21-14-10-17/h1,3-4,7-10,13-14H,2,5-6,11-12,15-16H2,(H,22,23). The van der Waals surface area contributed by atoms with Crippen LogP contribution in [0.15, 0.2) is 59.8 Å². The molecular formula is C20H24N2OS. The van der Waals surface area contributed by atoms with Crippen molar-refractivity contribution in [3.8, 4) is 0 Å². The van der Waals surface area contributed by atoms with Crippen molar-refractivity contribution in [2.24, 2.45) is 0 Å². The van der Waals surface area contributed by atoms with Crippen LogP contribution in [0.2, 0.25) is 0 Å². The Morgan fingerprint density at radius 1 is 1.04 bits per heavy atom. The lowest BCUT2D eigenvalue weighted by Gasteiger charge is -2.38. The smallest absolute Gasteiger partial charge is 0.230 e. The zero-order valence-electron chi connectivity index (χ0n) is 13.9. The molecule has 0 radical (unpaired) electrons. The van der Waals surface area contributed by atoms with Crippen molar-refractivity contribution in [1.82, 2.24) is 10.3 Å². The fourth-order valence-corrected chi connectivity index (χ4v) is 4.24. The molecule has 126 valence electrons. The summed E-state index contributed by atoms with van der Waals surface area (Å²) in [6.07, 6.45) is 9.77. The van der Waals surface area contributed by atoms with E-state index >= 15 is 0 Å². The fraction of sp³-hybridized carbons (Fsp3) is 0.400. The van der Waals surface area contributed by atoms with Crippen LogP contribution in [0.5, 0.6) is 0 Å². The molecule has 1 amide bonds. The van der Waals surface area contributed by atoms with Gasteiger partial charge in [0.25, 0.3) is 0 Å². The summed E-state index contributed by atoms with van der Waals surface area (Å²) < 4.78 is 0. The highest BCUT2D eigenvalue weighted by Gasteiger charge is 2.34. The summed E-state index contributed by atoms with van der Waals surface area (Å²) in [4.78, 5) is 17.6. The molecule has 1 aromatic heterocycles. The second-order valence-corrected chi connectivity index (χ2v) is 7.50. The number of nitrogens with one attached hydrogen (secondary N) is 1. The Hall–Kier alpha value is -1.81. The average Bonchev–Trinajstić information content (AvgIpc) is 2.67. The van der Waals surface area contributed by atoms with Gasteiger partial charge in [-0.2, -0.15) is 0 Å². The first kappa shape index (κ1) is 17.0. The highest BCUT2D eigenvalue weighted by Crippen LogP contribution is 2.38. The van der Waals surface area contributed by atoms with Gasteiger partial charge in [-0.3, -0.25) is 9.78 Å². The van der Waals surface area contributed by atoms with Gasteiger partial charge in [0.05, 0.1) is 5.75 Å². The maximum Gasteiger partial charge on any atom is 0.230 e. The van der Waals surface area contributed by atoms with Crippen molar-refractivity contribution < 1.29 is 4.79 Å². The van der Waals surface area contributed by atoms with Crippen LogP contribution in [0.25, 0.3) is 0 Å². The molecule has 1 aromatic carbocycles. The van der Waals surface area contributed by atoms with E-state index in [-0.39, 0.29) is 11.3 Å². The van der Waals surface area contributed by atoms with E-state index in [1.54, 1.807) is 11.8 Å². The number of aromatic nitrogens is 1. The third kappa shape index (κ3) is 4.38. The first-order valence-electron chi connectivity index (χ1n) is 8.64. The predicted octanol–water partition coefficient (Wildman–Crippen LogP) is 4.19. The molecule has 3 nitrogen and oxygen atoms in total. The van der Waals surface area contributed by atoms with Gasteiger partial charge in [0.2, 0.25) is 5.91 Å². The molecule has 0 aliphatic heterocycles. The van der Waals surface area contributed by atoms with Crippen LogP contribution in [-0.4, -0.2) is 23.2 Å². The van der Waals surface area contributed by atoms with Gasteiger partial charge in [-0.1, -0.05) is 37.5 Å². The zero-order valence-corrected chi connectivity index (χ0v) is 14.7. The number of benzene rings is 1. The van der Waals surface area contributed by atoms with Gasteiger partial charge in [0, 0.05) is 29.2 Å². The minimum Gasteiger partial charge on any atom is -0.354 e. The van der Waals surface area contributed by atoms with E-state index in [4.69, 9.17) is 0 Å². The number of nitrogens with zero attached hydrogens (tertiary/aromatic N) is 1. The van der Waals surface area contributed by atoms with Crippen molar-refractivity contribution in [1.29, 1.82) is 0 Å². The largest absolute Gasteiger partial charge is 0.354 e. The van der Waals surface area contributed by atoms with Gasteiger partial charge in [0.1, 0.15) is 0 Å². The monoisotopic (exact) mass is 340 g/mol. The lowest BCUT2D eigenvalue weighted by Crippen LogP contribution is -2.42. The number of pyridine rings is 1. The number of carbonyl (C=O) groups excluding carboxylic acids is 1. The van der Waals surface area contributed by atoms with Crippen molar-refractivity contribution in [2.45, 2.75) is 42.4 Å². The van der Waals surface area contributed by atoms with E-state index in [1.807, 2.05) is 42.7 Å². The highest BCUT2D eigenvalue weighted by molar-refractivity contribution is 8.00. The van der Waals surface area contributed by atoms with E-state index < -0.39 is 0 Å². The number of hydrogen-bond donors (Lipinski definition) is 1. The topological polar surface area (TPSA) is 42.0 Å². The molecule has 1 saturated carbocycles. The van der Waals surface area contributed by atoms with Crippen molar-refractivity contribution in [2.75, 3.05) is 12.3 Å². The fourth-order valence-electron chi connectivity index (χ4n) is 3.49. The average molecular weight is 340 g/mol. The molecule has 0 spiro atoms. The number of amides is 1. The number of hydrogen-bond acceptors (Lipinski definition) is 3. The Bertz CT molecular complexity index is 639. The van der Waals surface area contributed by atoms with Crippen LogP contribution < -0.4 is 5.32 Å². The summed E-state index contributed by atoms with van der Waals surface area (Å²) in [5.74, 6) is 0.582. The Balaban J connectivity index is 1.58. The molecule has 0 unspecified atom stereocenters. The third-order valence-corrected chi connectivity index (χ3v) is 5.85. The number of rotatable bonds is 6. The Labute approximate surface area is 148 Å². The van der Waals surface area contributed by atoms with E-state index in [0.717, 1.165) is 24.3 Å². The van der Waals surface area contributed by atoms with Crippen LogP contribution >= 0.6 is 11.8 Å². The minimum atomic E-state index is 0.0776. The normalized spacial score (nSPS) is 16.5. The van der Waals surface area contributed by atoms with Gasteiger partial charge in [-0.15, -0.1) is 11.8 Å². The van der Waals surface area contributed by atoms with Crippen molar-refractivity contribution >= 4 is 17.7 Å². The van der Waals surface area contributed by atoms with Gasteiger partial charge >= 0.3 is 0 Å². The molecule has 1 heterocycles. The van der Waals surface area contributed by atoms with Gasteiger partial charge < -0.3 is 5.32 Å². The summed E-state index contributed by atoms with van der Waals surface area (Å²) in [5.41, 5.74) is 1.39. The molecule has 0 bridgehead atoms. The lowest BCUT2D eigenvalue weighted by molar-refractivity contribution is -0.118. The molecular weight excluding hydrogens is 316 g/mol. The molecule has 0 saturated heterocycles. The molecule has 2 aromatic rings. The van der Waals surface area contributed by atoms with E-state index in [0.29, 0.717) is 5.75 Å². The summed E-state index contributed by atoms with van der Waals surface area (Å²) in [7, 11) is 0. The van der Waals surface area contributed by atoms with Crippen LogP contribution in [0.1, 0.15) is 37.7 Å². The van der Waals surface area contributed by atoms with Crippen molar-refractivity contribution in [3.05, 3.63) is 60.4 Å². The molecule has 1 aliphatic carbocycles. The number of thioether (sulfide) groups is 1. The second-order valence-electron chi connectivity index (χ2n) is 6.46. The molecule has 0 atom stereocenters. The highest BCUT2D eigenvalue weighted by atomic mass is 32.2. The van der Waals surface area contributed by atoms with E-state index in [1.165, 1.54) is 24.8 Å². The number of carbonyl (C=O) groups is 1. The minimum absolute atomic E-state index is 0.0776. The first-order valence-corrected chi connectivity index (χ1v) is 9.62. The van der Waals surface area contributed by atoms with E-state index in [2.05, 4.69) is 22.4 Å².